The molecule has 0 aliphatic carbocycles. The van der Waals surface area contributed by atoms with Crippen LogP contribution >= 0.6 is 0 Å². The molecule has 1 aliphatic heterocycles. The van der Waals surface area contributed by atoms with Gasteiger partial charge in [-0.05, 0) is 18.1 Å². The first-order valence-electron chi connectivity index (χ1n) is 5.66. The highest BCUT2D eigenvalue weighted by Gasteiger charge is 2.29. The molecule has 0 saturated carbocycles. The van der Waals surface area contributed by atoms with Crippen molar-refractivity contribution >= 4 is 11.5 Å². The van der Waals surface area contributed by atoms with Gasteiger partial charge in [0.05, 0.1) is 18.5 Å². The minimum atomic E-state index is 0.601. The first-order valence-corrected chi connectivity index (χ1v) is 5.66. The van der Waals surface area contributed by atoms with E-state index in [1.165, 1.54) is 0 Å². The lowest BCUT2D eigenvalue weighted by Gasteiger charge is -2.17. The molecular weight excluding hydrogens is 202 g/mol. The van der Waals surface area contributed by atoms with Crippen LogP contribution in [0, 0.1) is 11.8 Å². The molecule has 2 heterocycles. The van der Waals surface area contributed by atoms with Crippen LogP contribution in [0.15, 0.2) is 18.3 Å². The fourth-order valence-electron chi connectivity index (χ4n) is 2.24. The van der Waals surface area contributed by atoms with E-state index in [1.54, 1.807) is 13.3 Å². The number of anilines is 2. The SMILES string of the molecule is COC[C@@H]1CN(c2ccc(N)cn2)C[C@@H]1C. The summed E-state index contributed by atoms with van der Waals surface area (Å²) in [4.78, 5) is 6.65. The quantitative estimate of drug-likeness (QED) is 0.838. The molecule has 2 rings (SSSR count). The second-order valence-electron chi connectivity index (χ2n) is 4.55. The predicted molar refractivity (Wildman–Crippen MR) is 65.4 cm³/mol. The van der Waals surface area contributed by atoms with E-state index in [-0.39, 0.29) is 0 Å². The molecular formula is C12H19N3O. The van der Waals surface area contributed by atoms with Gasteiger partial charge in [0.1, 0.15) is 5.82 Å². The maximum atomic E-state index is 5.63. The number of nitrogens with zero attached hydrogens (tertiary/aromatic N) is 2. The zero-order valence-electron chi connectivity index (χ0n) is 9.89. The number of nitrogen functional groups attached to an aromatic ring is 1. The van der Waals surface area contributed by atoms with Crippen molar-refractivity contribution in [3.8, 4) is 0 Å². The summed E-state index contributed by atoms with van der Waals surface area (Å²) >= 11 is 0. The maximum Gasteiger partial charge on any atom is 0.128 e. The van der Waals surface area contributed by atoms with Crippen molar-refractivity contribution in [2.24, 2.45) is 11.8 Å². The Kier molecular flexibility index (Phi) is 3.29. The van der Waals surface area contributed by atoms with E-state index >= 15 is 0 Å². The third kappa shape index (κ3) is 2.27. The van der Waals surface area contributed by atoms with Crippen molar-refractivity contribution in [2.75, 3.05) is 37.4 Å². The second-order valence-corrected chi connectivity index (χ2v) is 4.55. The number of aromatic nitrogens is 1. The highest BCUT2D eigenvalue weighted by molar-refractivity contribution is 5.46. The minimum Gasteiger partial charge on any atom is -0.397 e. The van der Waals surface area contributed by atoms with Crippen LogP contribution in [0.4, 0.5) is 11.5 Å². The van der Waals surface area contributed by atoms with Crippen molar-refractivity contribution in [3.63, 3.8) is 0 Å². The van der Waals surface area contributed by atoms with Gasteiger partial charge < -0.3 is 15.4 Å². The van der Waals surface area contributed by atoms with Gasteiger partial charge in [-0.15, -0.1) is 0 Å². The van der Waals surface area contributed by atoms with Crippen molar-refractivity contribution in [1.29, 1.82) is 0 Å². The first kappa shape index (κ1) is 11.2. The fraction of sp³-hybridized carbons (Fsp3) is 0.583. The Morgan fingerprint density at radius 1 is 1.50 bits per heavy atom. The smallest absolute Gasteiger partial charge is 0.128 e. The van der Waals surface area contributed by atoms with E-state index < -0.39 is 0 Å². The monoisotopic (exact) mass is 221 g/mol. The van der Waals surface area contributed by atoms with Gasteiger partial charge in [-0.25, -0.2) is 4.98 Å². The molecule has 16 heavy (non-hydrogen) atoms. The van der Waals surface area contributed by atoms with E-state index in [4.69, 9.17) is 10.5 Å². The minimum absolute atomic E-state index is 0.601. The molecule has 4 nitrogen and oxygen atoms in total. The molecule has 0 bridgehead atoms. The lowest BCUT2D eigenvalue weighted by atomic mass is 10.00. The van der Waals surface area contributed by atoms with Gasteiger partial charge in [-0.2, -0.15) is 0 Å². The molecule has 4 heteroatoms. The lowest BCUT2D eigenvalue weighted by Crippen LogP contribution is -2.21. The molecule has 0 spiro atoms. The molecule has 0 radical (unpaired) electrons. The Balaban J connectivity index is 2.04. The molecule has 1 saturated heterocycles. The van der Waals surface area contributed by atoms with Crippen LogP contribution in [0.3, 0.4) is 0 Å². The fourth-order valence-corrected chi connectivity index (χ4v) is 2.24. The van der Waals surface area contributed by atoms with E-state index in [9.17, 15) is 0 Å². The van der Waals surface area contributed by atoms with Gasteiger partial charge in [0, 0.05) is 26.1 Å². The molecule has 0 aromatic carbocycles. The molecule has 1 aliphatic rings. The standard InChI is InChI=1S/C12H19N3O/c1-9-6-15(7-10(9)8-16-2)12-4-3-11(13)5-14-12/h3-5,9-10H,6-8,13H2,1-2H3/t9-,10-/m0/s1. The lowest BCUT2D eigenvalue weighted by molar-refractivity contribution is 0.144. The molecule has 1 fully saturated rings. The number of nitrogens with two attached hydrogens (primary N) is 1. The van der Waals surface area contributed by atoms with Crippen LogP contribution in [0.5, 0.6) is 0 Å². The van der Waals surface area contributed by atoms with Crippen molar-refractivity contribution in [2.45, 2.75) is 6.92 Å². The molecule has 1 aromatic heterocycles. The highest BCUT2D eigenvalue weighted by Crippen LogP contribution is 2.27. The first-order chi connectivity index (χ1) is 7.70. The molecule has 88 valence electrons. The number of pyridine rings is 1. The van der Waals surface area contributed by atoms with Gasteiger partial charge in [0.25, 0.3) is 0 Å². The summed E-state index contributed by atoms with van der Waals surface area (Å²) in [5.74, 6) is 2.27. The van der Waals surface area contributed by atoms with Crippen LogP contribution in [0.1, 0.15) is 6.92 Å². The van der Waals surface area contributed by atoms with Crippen LogP contribution in [-0.2, 0) is 4.74 Å². The van der Waals surface area contributed by atoms with Crippen molar-refractivity contribution in [1.82, 2.24) is 4.98 Å². The van der Waals surface area contributed by atoms with E-state index in [2.05, 4.69) is 16.8 Å². The van der Waals surface area contributed by atoms with Crippen molar-refractivity contribution in [3.05, 3.63) is 18.3 Å². The van der Waals surface area contributed by atoms with Gasteiger partial charge >= 0.3 is 0 Å². The number of rotatable bonds is 3. The number of ether oxygens (including phenoxy) is 1. The summed E-state index contributed by atoms with van der Waals surface area (Å²) < 4.78 is 5.23. The Morgan fingerprint density at radius 3 is 2.94 bits per heavy atom. The molecule has 2 N–H and O–H groups in total. The Morgan fingerprint density at radius 2 is 2.31 bits per heavy atom. The highest BCUT2D eigenvalue weighted by atomic mass is 16.5. The van der Waals surface area contributed by atoms with Crippen molar-refractivity contribution < 1.29 is 4.74 Å². The Hall–Kier alpha value is -1.29. The topological polar surface area (TPSA) is 51.4 Å². The summed E-state index contributed by atoms with van der Waals surface area (Å²) in [5, 5.41) is 0. The second kappa shape index (κ2) is 4.70. The summed E-state index contributed by atoms with van der Waals surface area (Å²) in [6.45, 7) is 5.16. The average molecular weight is 221 g/mol. The van der Waals surface area contributed by atoms with Gasteiger partial charge in [-0.3, -0.25) is 0 Å². The van der Waals surface area contributed by atoms with Crippen LogP contribution in [0.25, 0.3) is 0 Å². The van der Waals surface area contributed by atoms with Gasteiger partial charge in [-0.1, -0.05) is 6.92 Å². The number of hydrogen-bond acceptors (Lipinski definition) is 4. The third-order valence-electron chi connectivity index (χ3n) is 3.24. The maximum absolute atomic E-state index is 5.63. The van der Waals surface area contributed by atoms with Gasteiger partial charge in [0.2, 0.25) is 0 Å². The van der Waals surface area contributed by atoms with Gasteiger partial charge in [0.15, 0.2) is 0 Å². The molecule has 2 atom stereocenters. The zero-order chi connectivity index (χ0) is 11.5. The Bertz CT molecular complexity index is 339. The third-order valence-corrected chi connectivity index (χ3v) is 3.24. The van der Waals surface area contributed by atoms with E-state index in [0.29, 0.717) is 17.5 Å². The van der Waals surface area contributed by atoms with E-state index in [1.807, 2.05) is 12.1 Å². The van der Waals surface area contributed by atoms with Crippen LogP contribution in [-0.4, -0.2) is 31.8 Å². The molecule has 0 unspecified atom stereocenters. The molecule has 0 amide bonds. The van der Waals surface area contributed by atoms with Crippen LogP contribution in [0.2, 0.25) is 0 Å². The summed E-state index contributed by atoms with van der Waals surface area (Å²) in [6.07, 6.45) is 1.71. The zero-order valence-corrected chi connectivity index (χ0v) is 9.89. The summed E-state index contributed by atoms with van der Waals surface area (Å²) in [5.41, 5.74) is 6.34. The largest absolute Gasteiger partial charge is 0.397 e. The normalized spacial score (nSPS) is 25.0. The average Bonchev–Trinajstić information content (AvgIpc) is 2.62. The predicted octanol–water partition coefficient (Wildman–Crippen LogP) is 1.38. The summed E-state index contributed by atoms with van der Waals surface area (Å²) in [7, 11) is 1.76. The summed E-state index contributed by atoms with van der Waals surface area (Å²) in [6, 6.07) is 3.88. The Labute approximate surface area is 96.4 Å². The number of methoxy groups -OCH3 is 1. The number of hydrogen-bond donors (Lipinski definition) is 1. The molecule has 1 aromatic rings. The van der Waals surface area contributed by atoms with E-state index in [0.717, 1.165) is 25.5 Å². The van der Waals surface area contributed by atoms with Crippen LogP contribution < -0.4 is 10.6 Å².